The number of fused-ring (bicyclic) bond motifs is 1. The van der Waals surface area contributed by atoms with E-state index >= 15 is 0 Å². The molecule has 0 heterocycles. The highest BCUT2D eigenvalue weighted by molar-refractivity contribution is 6.02. The van der Waals surface area contributed by atoms with Crippen LogP contribution in [0.15, 0.2) is 18.2 Å². The Morgan fingerprint density at radius 2 is 1.86 bits per heavy atom. The van der Waals surface area contributed by atoms with E-state index in [1.165, 1.54) is 0 Å². The van der Waals surface area contributed by atoms with Gasteiger partial charge in [0, 0.05) is 17.7 Å². The van der Waals surface area contributed by atoms with Crippen LogP contribution in [0.4, 0.5) is 5.69 Å². The molecule has 2 aliphatic carbocycles. The summed E-state index contributed by atoms with van der Waals surface area (Å²) in [7, 11) is 0. The molecule has 112 valence electrons. The van der Waals surface area contributed by atoms with Crippen molar-refractivity contribution < 1.29 is 9.59 Å². The lowest BCUT2D eigenvalue weighted by molar-refractivity contribution is -0.122. The molecule has 0 unspecified atom stereocenters. The summed E-state index contributed by atoms with van der Waals surface area (Å²) in [6, 6.07) is 5.63. The van der Waals surface area contributed by atoms with Crippen molar-refractivity contribution >= 4 is 17.4 Å². The Labute approximate surface area is 125 Å². The molecule has 0 radical (unpaired) electrons. The largest absolute Gasteiger partial charge is 0.324 e. The van der Waals surface area contributed by atoms with E-state index in [0.717, 1.165) is 56.1 Å². The number of rotatable bonds is 2. The van der Waals surface area contributed by atoms with Gasteiger partial charge < -0.3 is 11.1 Å². The molecule has 0 spiro atoms. The number of ketones is 1. The number of hydrogen-bond donors (Lipinski definition) is 2. The average molecular weight is 286 g/mol. The van der Waals surface area contributed by atoms with Crippen LogP contribution in [0.5, 0.6) is 0 Å². The molecule has 0 atom stereocenters. The number of hydrogen-bond acceptors (Lipinski definition) is 3. The van der Waals surface area contributed by atoms with Gasteiger partial charge in [-0.15, -0.1) is 0 Å². The molecular formula is C17H22N2O2. The molecule has 0 bridgehead atoms. The van der Waals surface area contributed by atoms with Crippen molar-refractivity contribution in [1.82, 2.24) is 0 Å². The second-order valence-corrected chi connectivity index (χ2v) is 6.32. The van der Waals surface area contributed by atoms with Crippen LogP contribution in [0, 0.1) is 0 Å². The van der Waals surface area contributed by atoms with Gasteiger partial charge in [-0.2, -0.15) is 0 Å². The topological polar surface area (TPSA) is 72.2 Å². The van der Waals surface area contributed by atoms with E-state index in [2.05, 4.69) is 5.32 Å². The first-order chi connectivity index (χ1) is 10.1. The summed E-state index contributed by atoms with van der Waals surface area (Å²) in [5, 5.41) is 2.91. The monoisotopic (exact) mass is 286 g/mol. The minimum Gasteiger partial charge on any atom is -0.324 e. The van der Waals surface area contributed by atoms with Gasteiger partial charge in [-0.1, -0.05) is 25.3 Å². The van der Waals surface area contributed by atoms with E-state index < -0.39 is 5.54 Å². The highest BCUT2D eigenvalue weighted by atomic mass is 16.2. The minimum absolute atomic E-state index is 0.120. The molecule has 1 saturated carbocycles. The second-order valence-electron chi connectivity index (χ2n) is 6.32. The van der Waals surface area contributed by atoms with Crippen LogP contribution < -0.4 is 11.1 Å². The van der Waals surface area contributed by atoms with Crippen molar-refractivity contribution in [1.29, 1.82) is 0 Å². The summed E-state index contributed by atoms with van der Waals surface area (Å²) in [5.74, 6) is 0.0536. The third-order valence-corrected chi connectivity index (χ3v) is 4.72. The average Bonchev–Trinajstić information content (AvgIpc) is 2.49. The summed E-state index contributed by atoms with van der Waals surface area (Å²) in [4.78, 5) is 24.4. The first-order valence-electron chi connectivity index (χ1n) is 7.85. The maximum absolute atomic E-state index is 12.4. The van der Waals surface area contributed by atoms with Gasteiger partial charge in [0.15, 0.2) is 5.78 Å². The molecule has 1 aromatic carbocycles. The van der Waals surface area contributed by atoms with Crippen LogP contribution in [0.2, 0.25) is 0 Å². The fraction of sp³-hybridized carbons (Fsp3) is 0.529. The van der Waals surface area contributed by atoms with Gasteiger partial charge in [-0.05, 0) is 43.4 Å². The van der Waals surface area contributed by atoms with E-state index in [0.29, 0.717) is 12.1 Å². The Morgan fingerprint density at radius 3 is 2.62 bits per heavy atom. The number of carbonyl (C=O) groups is 2. The quantitative estimate of drug-likeness (QED) is 0.878. The molecule has 3 rings (SSSR count). The smallest absolute Gasteiger partial charge is 0.244 e. The Bertz CT molecular complexity index is 574. The van der Waals surface area contributed by atoms with Gasteiger partial charge in [0.2, 0.25) is 5.91 Å². The number of nitrogens with two attached hydrogens (primary N) is 1. The first-order valence-corrected chi connectivity index (χ1v) is 7.85. The van der Waals surface area contributed by atoms with E-state index in [1.807, 2.05) is 12.1 Å². The van der Waals surface area contributed by atoms with E-state index in [4.69, 9.17) is 5.73 Å². The minimum atomic E-state index is -0.752. The highest BCUT2D eigenvalue weighted by Gasteiger charge is 2.35. The lowest BCUT2D eigenvalue weighted by Crippen LogP contribution is -2.52. The van der Waals surface area contributed by atoms with Crippen molar-refractivity contribution in [2.45, 2.75) is 56.9 Å². The Hall–Kier alpha value is -1.68. The molecule has 0 saturated heterocycles. The van der Waals surface area contributed by atoms with E-state index in [9.17, 15) is 9.59 Å². The summed E-state index contributed by atoms with van der Waals surface area (Å²) in [6.45, 7) is 0. The van der Waals surface area contributed by atoms with Crippen LogP contribution in [0.1, 0.15) is 60.9 Å². The van der Waals surface area contributed by atoms with Gasteiger partial charge in [0.25, 0.3) is 0 Å². The summed E-state index contributed by atoms with van der Waals surface area (Å²) in [5.41, 5.74) is 8.01. The summed E-state index contributed by atoms with van der Waals surface area (Å²) < 4.78 is 0. The fourth-order valence-corrected chi connectivity index (χ4v) is 3.37. The first kappa shape index (κ1) is 14.3. The molecule has 1 aromatic rings. The van der Waals surface area contributed by atoms with Crippen LogP contribution >= 0.6 is 0 Å². The van der Waals surface area contributed by atoms with Crippen molar-refractivity contribution in [3.05, 3.63) is 29.3 Å². The SMILES string of the molecule is NC1(C(=O)Nc2ccc3c(c2)C(=O)CCC3)CCCCC1. The molecule has 1 fully saturated rings. The second kappa shape index (κ2) is 5.60. The zero-order chi connectivity index (χ0) is 14.9. The number of carbonyl (C=O) groups excluding carboxylic acids is 2. The van der Waals surface area contributed by atoms with Crippen molar-refractivity contribution in [2.75, 3.05) is 5.32 Å². The summed E-state index contributed by atoms with van der Waals surface area (Å²) >= 11 is 0. The Balaban J connectivity index is 1.77. The van der Waals surface area contributed by atoms with Gasteiger partial charge in [0.05, 0.1) is 5.54 Å². The highest BCUT2D eigenvalue weighted by Crippen LogP contribution is 2.28. The lowest BCUT2D eigenvalue weighted by atomic mass is 9.82. The number of anilines is 1. The predicted octanol–water partition coefficient (Wildman–Crippen LogP) is 2.81. The number of nitrogens with one attached hydrogen (secondary N) is 1. The van der Waals surface area contributed by atoms with Crippen LogP contribution in [0.25, 0.3) is 0 Å². The summed E-state index contributed by atoms with van der Waals surface area (Å²) in [6.07, 6.45) is 7.11. The zero-order valence-corrected chi connectivity index (χ0v) is 12.3. The van der Waals surface area contributed by atoms with Gasteiger partial charge in [0.1, 0.15) is 0 Å². The number of amides is 1. The normalized spacial score (nSPS) is 20.7. The molecule has 1 amide bonds. The zero-order valence-electron chi connectivity index (χ0n) is 12.3. The van der Waals surface area contributed by atoms with Crippen LogP contribution in [0.3, 0.4) is 0 Å². The fourth-order valence-electron chi connectivity index (χ4n) is 3.37. The van der Waals surface area contributed by atoms with E-state index in [-0.39, 0.29) is 11.7 Å². The number of aryl methyl sites for hydroxylation is 1. The van der Waals surface area contributed by atoms with Gasteiger partial charge >= 0.3 is 0 Å². The molecule has 3 N–H and O–H groups in total. The predicted molar refractivity (Wildman–Crippen MR) is 82.3 cm³/mol. The standard InChI is InChI=1S/C17H22N2O2/c18-17(9-2-1-3-10-17)16(21)19-13-8-7-12-5-4-6-15(20)14(12)11-13/h7-8,11H,1-6,9-10,18H2,(H,19,21). The number of benzene rings is 1. The van der Waals surface area contributed by atoms with Crippen LogP contribution in [-0.4, -0.2) is 17.2 Å². The third kappa shape index (κ3) is 2.86. The maximum Gasteiger partial charge on any atom is 0.244 e. The number of Topliss-reactive ketones (excluding diaryl/α,β-unsaturated/α-hetero) is 1. The van der Waals surface area contributed by atoms with Gasteiger partial charge in [-0.3, -0.25) is 9.59 Å². The van der Waals surface area contributed by atoms with Crippen molar-refractivity contribution in [3.63, 3.8) is 0 Å². The third-order valence-electron chi connectivity index (χ3n) is 4.72. The molecule has 4 nitrogen and oxygen atoms in total. The van der Waals surface area contributed by atoms with Crippen LogP contribution in [-0.2, 0) is 11.2 Å². The Morgan fingerprint density at radius 1 is 1.10 bits per heavy atom. The lowest BCUT2D eigenvalue weighted by Gasteiger charge is -2.31. The van der Waals surface area contributed by atoms with Gasteiger partial charge in [-0.25, -0.2) is 0 Å². The molecular weight excluding hydrogens is 264 g/mol. The maximum atomic E-state index is 12.4. The molecule has 4 heteroatoms. The van der Waals surface area contributed by atoms with Crippen molar-refractivity contribution in [2.24, 2.45) is 5.73 Å². The molecule has 2 aliphatic rings. The van der Waals surface area contributed by atoms with E-state index in [1.54, 1.807) is 6.07 Å². The molecule has 0 aliphatic heterocycles. The molecule has 0 aromatic heterocycles. The molecule has 21 heavy (non-hydrogen) atoms. The van der Waals surface area contributed by atoms with Crippen molar-refractivity contribution in [3.8, 4) is 0 Å². The Kier molecular flexibility index (Phi) is 3.81.